The number of aliphatic hydroxyl groups is 2. The number of thioether (sulfide) groups is 1. The molecule has 1 aliphatic heterocycles. The lowest BCUT2D eigenvalue weighted by Gasteiger charge is -2.43. The van der Waals surface area contributed by atoms with E-state index in [0.29, 0.717) is 9.92 Å². The first-order valence-corrected chi connectivity index (χ1v) is 11.6. The quantitative estimate of drug-likeness (QED) is 0.501. The van der Waals surface area contributed by atoms with Gasteiger partial charge in [-0.15, -0.1) is 5.10 Å². The van der Waals surface area contributed by atoms with Gasteiger partial charge in [-0.3, -0.25) is 0 Å². The van der Waals surface area contributed by atoms with E-state index in [-0.39, 0.29) is 22.5 Å². The summed E-state index contributed by atoms with van der Waals surface area (Å²) in [4.78, 5) is 4.42. The number of aliphatic hydroxyl groups excluding tert-OH is 2. The monoisotopic (exact) mass is 523 g/mol. The molecule has 2 N–H and O–H groups in total. The molecule has 13 heteroatoms. The second-order valence-corrected chi connectivity index (χ2v) is 9.36. The third-order valence-corrected chi connectivity index (χ3v) is 7.04. The Morgan fingerprint density at radius 3 is 2.66 bits per heavy atom. The molecular formula is C22H20ClF2N5O4S. The van der Waals surface area contributed by atoms with Crippen molar-refractivity contribution in [2.24, 2.45) is 0 Å². The Hall–Kier alpha value is -2.66. The molecule has 3 aromatic rings. The molecule has 4 rings (SSSR count). The number of pyridine rings is 1. The van der Waals surface area contributed by atoms with E-state index in [0.717, 1.165) is 23.9 Å². The topological polar surface area (TPSA) is 126 Å². The molecule has 5 atom stereocenters. The van der Waals surface area contributed by atoms with E-state index in [4.69, 9.17) is 21.1 Å². The van der Waals surface area contributed by atoms with Crippen LogP contribution in [-0.2, 0) is 9.47 Å². The van der Waals surface area contributed by atoms with Crippen molar-refractivity contribution in [3.05, 3.63) is 58.5 Å². The molecule has 0 aliphatic carbocycles. The molecule has 0 bridgehead atoms. The summed E-state index contributed by atoms with van der Waals surface area (Å²) in [6, 6.07) is 4.92. The fourth-order valence-electron chi connectivity index (χ4n) is 3.78. The molecule has 2 aromatic heterocycles. The van der Waals surface area contributed by atoms with Crippen LogP contribution in [0.4, 0.5) is 8.78 Å². The largest absolute Gasteiger partial charge is 0.394 e. The predicted octanol–water partition coefficient (Wildman–Crippen LogP) is 2.88. The molecule has 1 aromatic carbocycles. The maximum atomic E-state index is 14.1. The van der Waals surface area contributed by atoms with Gasteiger partial charge >= 0.3 is 0 Å². The first-order valence-electron chi connectivity index (χ1n) is 10.3. The van der Waals surface area contributed by atoms with Gasteiger partial charge in [0.25, 0.3) is 0 Å². The van der Waals surface area contributed by atoms with E-state index in [1.54, 1.807) is 6.07 Å². The highest BCUT2D eigenvalue weighted by atomic mass is 35.5. The van der Waals surface area contributed by atoms with Crippen molar-refractivity contribution in [1.82, 2.24) is 20.0 Å². The number of hydrogen-bond donors (Lipinski definition) is 2. The van der Waals surface area contributed by atoms with Crippen LogP contribution in [0.5, 0.6) is 0 Å². The van der Waals surface area contributed by atoms with Crippen LogP contribution >= 0.6 is 23.4 Å². The Balaban J connectivity index is 1.70. The van der Waals surface area contributed by atoms with Gasteiger partial charge in [-0.25, -0.2) is 18.4 Å². The van der Waals surface area contributed by atoms with Gasteiger partial charge < -0.3 is 19.7 Å². The van der Waals surface area contributed by atoms with Gasteiger partial charge in [-0.05, 0) is 25.1 Å². The SMILES string of the molecule is COC1C(n2cc(-c3cc(F)c(C)c(F)c3)nn2)[C@@H](O)C(CO)O[C@@H]1Sc1cc(Cl)cnc1C#N. The van der Waals surface area contributed by atoms with Crippen molar-refractivity contribution in [3.8, 4) is 17.3 Å². The van der Waals surface area contributed by atoms with Crippen LogP contribution < -0.4 is 0 Å². The van der Waals surface area contributed by atoms with Crippen molar-refractivity contribution in [2.45, 2.75) is 41.6 Å². The molecule has 184 valence electrons. The maximum absolute atomic E-state index is 14.1. The highest BCUT2D eigenvalue weighted by Gasteiger charge is 2.47. The third kappa shape index (κ3) is 5.02. The van der Waals surface area contributed by atoms with Gasteiger partial charge in [-0.2, -0.15) is 5.26 Å². The third-order valence-electron chi connectivity index (χ3n) is 5.66. The van der Waals surface area contributed by atoms with Gasteiger partial charge in [0, 0.05) is 29.3 Å². The molecular weight excluding hydrogens is 504 g/mol. The number of aromatic nitrogens is 4. The Bertz CT molecular complexity index is 1250. The second-order valence-electron chi connectivity index (χ2n) is 7.79. The van der Waals surface area contributed by atoms with E-state index in [2.05, 4.69) is 15.3 Å². The lowest BCUT2D eigenvalue weighted by Crippen LogP contribution is -2.55. The summed E-state index contributed by atoms with van der Waals surface area (Å²) in [5.41, 5.74) is -0.474. The summed E-state index contributed by atoms with van der Waals surface area (Å²) in [6.07, 6.45) is -0.369. The minimum atomic E-state index is -1.27. The van der Waals surface area contributed by atoms with Crippen molar-refractivity contribution in [1.29, 1.82) is 5.26 Å². The lowest BCUT2D eigenvalue weighted by molar-refractivity contribution is -0.186. The Morgan fingerprint density at radius 1 is 1.31 bits per heavy atom. The minimum absolute atomic E-state index is 0.113. The Labute approximate surface area is 208 Å². The Kier molecular flexibility index (Phi) is 7.65. The molecule has 0 saturated carbocycles. The lowest BCUT2D eigenvalue weighted by atomic mass is 9.97. The maximum Gasteiger partial charge on any atom is 0.154 e. The predicted molar refractivity (Wildman–Crippen MR) is 122 cm³/mol. The summed E-state index contributed by atoms with van der Waals surface area (Å²) in [6.45, 7) is 0.812. The van der Waals surface area contributed by atoms with E-state index in [1.165, 1.54) is 31.1 Å². The number of benzene rings is 1. The van der Waals surface area contributed by atoms with Crippen molar-refractivity contribution < 1.29 is 28.5 Å². The molecule has 1 aliphatic rings. The Morgan fingerprint density at radius 2 is 2.03 bits per heavy atom. The number of hydrogen-bond acceptors (Lipinski definition) is 9. The number of nitriles is 1. The number of methoxy groups -OCH3 is 1. The van der Waals surface area contributed by atoms with Gasteiger partial charge in [0.15, 0.2) is 5.69 Å². The summed E-state index contributed by atoms with van der Waals surface area (Å²) >= 11 is 7.14. The zero-order valence-electron chi connectivity index (χ0n) is 18.5. The van der Waals surface area contributed by atoms with Crippen molar-refractivity contribution in [2.75, 3.05) is 13.7 Å². The summed E-state index contributed by atoms with van der Waals surface area (Å²) in [5, 5.41) is 38.6. The molecule has 1 fully saturated rings. The second kappa shape index (κ2) is 10.5. The minimum Gasteiger partial charge on any atom is -0.394 e. The van der Waals surface area contributed by atoms with Gasteiger partial charge in [0.05, 0.1) is 17.8 Å². The zero-order valence-corrected chi connectivity index (χ0v) is 20.0. The fourth-order valence-corrected chi connectivity index (χ4v) is 5.26. The van der Waals surface area contributed by atoms with Crippen molar-refractivity contribution in [3.63, 3.8) is 0 Å². The zero-order chi connectivity index (χ0) is 25.3. The molecule has 0 amide bonds. The normalized spacial score (nSPS) is 24.3. The van der Waals surface area contributed by atoms with Crippen LogP contribution in [0.2, 0.25) is 5.02 Å². The highest BCUT2D eigenvalue weighted by molar-refractivity contribution is 7.99. The summed E-state index contributed by atoms with van der Waals surface area (Å²) in [5.74, 6) is -1.45. The summed E-state index contributed by atoms with van der Waals surface area (Å²) < 4.78 is 41.0. The van der Waals surface area contributed by atoms with Crippen LogP contribution in [0.3, 0.4) is 0 Å². The summed E-state index contributed by atoms with van der Waals surface area (Å²) in [7, 11) is 1.41. The van der Waals surface area contributed by atoms with E-state index in [9.17, 15) is 24.3 Å². The average molecular weight is 524 g/mol. The van der Waals surface area contributed by atoms with Crippen LogP contribution in [0.25, 0.3) is 11.3 Å². The molecule has 0 radical (unpaired) electrons. The van der Waals surface area contributed by atoms with E-state index >= 15 is 0 Å². The molecule has 0 spiro atoms. The number of halogens is 3. The molecule has 35 heavy (non-hydrogen) atoms. The average Bonchev–Trinajstić information content (AvgIpc) is 3.32. The van der Waals surface area contributed by atoms with Gasteiger partial charge in [-0.1, -0.05) is 28.6 Å². The smallest absolute Gasteiger partial charge is 0.154 e. The van der Waals surface area contributed by atoms with E-state index < -0.39 is 48.0 Å². The number of nitrogens with zero attached hydrogens (tertiary/aromatic N) is 5. The van der Waals surface area contributed by atoms with E-state index in [1.807, 2.05) is 6.07 Å². The van der Waals surface area contributed by atoms with Crippen LogP contribution in [0, 0.1) is 29.9 Å². The molecule has 3 unspecified atom stereocenters. The first kappa shape index (κ1) is 25.4. The fraction of sp³-hybridized carbons (Fsp3) is 0.364. The van der Waals surface area contributed by atoms with Gasteiger partial charge in [0.2, 0.25) is 0 Å². The molecule has 3 heterocycles. The first-order chi connectivity index (χ1) is 16.8. The molecule has 9 nitrogen and oxygen atoms in total. The number of rotatable bonds is 6. The molecule has 1 saturated heterocycles. The van der Waals surface area contributed by atoms with Crippen LogP contribution in [0.15, 0.2) is 35.5 Å². The van der Waals surface area contributed by atoms with Crippen LogP contribution in [-0.4, -0.2) is 67.7 Å². The van der Waals surface area contributed by atoms with Crippen molar-refractivity contribution >= 4 is 23.4 Å². The van der Waals surface area contributed by atoms with Crippen LogP contribution in [0.1, 0.15) is 17.3 Å². The van der Waals surface area contributed by atoms with Gasteiger partial charge in [0.1, 0.15) is 53.2 Å². The number of ether oxygens (including phenoxy) is 2. The highest BCUT2D eigenvalue weighted by Crippen LogP contribution is 2.40. The standard InChI is InChI=1S/C22H20ClF2N5O4S/c1-10-13(24)3-11(4-14(10)25)16-8-30(29-28-16)19-20(32)17(9-31)34-22(21(19)33-2)35-18-5-12(23)7-27-15(18)6-26/h3-5,7-8,17,19-22,31-32H,9H2,1-2H3/t17?,19?,20-,21?,22+/m0/s1.